The molecule has 23 nitrogen and oxygen atoms in total. The molecule has 1 heterocycles. The summed E-state index contributed by atoms with van der Waals surface area (Å²) in [6.45, 7) is 15.8. The van der Waals surface area contributed by atoms with Crippen LogP contribution in [-0.4, -0.2) is 190 Å². The van der Waals surface area contributed by atoms with E-state index in [4.69, 9.17) is 74.6 Å². The number of nitrogens with zero attached hydrogens (tertiary/aromatic N) is 7. The van der Waals surface area contributed by atoms with Crippen LogP contribution >= 0.6 is 0 Å². The maximum Gasteiger partial charge on any atom is 0.229 e. The van der Waals surface area contributed by atoms with Crippen molar-refractivity contribution in [3.63, 3.8) is 0 Å². The summed E-state index contributed by atoms with van der Waals surface area (Å²) in [5, 5.41) is 9.48. The zero-order chi connectivity index (χ0) is 51.3. The number of ether oxygens (including phenoxy) is 11. The summed E-state index contributed by atoms with van der Waals surface area (Å²) in [5.41, 5.74) is 30.1. The van der Waals surface area contributed by atoms with Gasteiger partial charge in [-0.3, -0.25) is 9.59 Å². The van der Waals surface area contributed by atoms with Crippen molar-refractivity contribution < 1.29 is 61.7 Å². The Hall–Kier alpha value is -4.96. The fourth-order valence-electron chi connectivity index (χ4n) is 5.58. The number of amides is 2. The number of carbonyl (C=O) groups is 2. The average Bonchev–Trinajstić information content (AvgIpc) is 3.38. The molecule has 0 aromatic heterocycles. The molecule has 0 saturated carbocycles. The first-order valence-corrected chi connectivity index (χ1v) is 24.0. The molecule has 2 amide bonds. The number of nitrogens with one attached hydrogen (secondary N) is 1. The van der Waals surface area contributed by atoms with Crippen LogP contribution in [0, 0.1) is 11.8 Å². The van der Waals surface area contributed by atoms with Crippen LogP contribution in [0.2, 0.25) is 0 Å². The second-order valence-electron chi connectivity index (χ2n) is 14.5. The molecule has 0 spiro atoms. The minimum atomic E-state index is -0.159. The van der Waals surface area contributed by atoms with E-state index in [-0.39, 0.29) is 37.8 Å². The maximum atomic E-state index is 13.2. The molecule has 71 heavy (non-hydrogen) atoms. The van der Waals surface area contributed by atoms with Crippen molar-refractivity contribution in [2.75, 3.05) is 183 Å². The van der Waals surface area contributed by atoms with Gasteiger partial charge in [-0.15, -0.1) is 0 Å². The largest absolute Gasteiger partial charge is 0.379 e. The van der Waals surface area contributed by atoms with Crippen LogP contribution in [-0.2, 0) is 68.2 Å². The quantitative estimate of drug-likeness (QED) is 0.0279. The zero-order valence-electron chi connectivity index (χ0n) is 41.6. The topological polar surface area (TPSA) is 300 Å². The summed E-state index contributed by atoms with van der Waals surface area (Å²) < 4.78 is 57.8. The van der Waals surface area contributed by atoms with Crippen molar-refractivity contribution in [3.05, 3.63) is 86.1 Å². The summed E-state index contributed by atoms with van der Waals surface area (Å²) >= 11 is 0. The van der Waals surface area contributed by atoms with Gasteiger partial charge in [0.1, 0.15) is 0 Å². The van der Waals surface area contributed by atoms with E-state index in [1.54, 1.807) is 4.90 Å². The van der Waals surface area contributed by atoms with Crippen LogP contribution < -0.4 is 21.7 Å². The molecule has 23 heteroatoms. The normalized spacial score (nSPS) is 11.1. The van der Waals surface area contributed by atoms with Gasteiger partial charge in [0.15, 0.2) is 0 Å². The second kappa shape index (κ2) is 50.0. The van der Waals surface area contributed by atoms with Gasteiger partial charge in [-0.25, -0.2) is 0 Å². The van der Waals surface area contributed by atoms with Crippen molar-refractivity contribution in [3.8, 4) is 11.8 Å². The fourth-order valence-corrected chi connectivity index (χ4v) is 5.58. The first-order chi connectivity index (χ1) is 35.0. The zero-order valence-corrected chi connectivity index (χ0v) is 41.6. The molecule has 2 aromatic rings. The Morgan fingerprint density at radius 2 is 0.944 bits per heavy atom. The SMILES string of the molecule is CCCOCCOCCOCCN=[N+]=[N-].NCCOCCOCCOCCOCCC(=O)NCCC(=O)N1Cc2ccccc2C#Cc2ccccc21.[N-]=[N+]=NCCOCCOCCOCCOCCN. The Morgan fingerprint density at radius 3 is 1.41 bits per heavy atom. The number of hydrogen-bond acceptors (Lipinski definition) is 17. The third-order valence-electron chi connectivity index (χ3n) is 8.95. The molecule has 0 fully saturated rings. The molecule has 398 valence electrons. The van der Waals surface area contributed by atoms with E-state index in [0.717, 1.165) is 35.4 Å². The molecule has 5 N–H and O–H groups in total. The first-order valence-electron chi connectivity index (χ1n) is 24.0. The molecule has 0 aliphatic carbocycles. The summed E-state index contributed by atoms with van der Waals surface area (Å²) in [4.78, 5) is 32.3. The molecule has 3 rings (SSSR count). The Morgan fingerprint density at radius 1 is 0.549 bits per heavy atom. The number of hydrogen-bond donors (Lipinski definition) is 3. The van der Waals surface area contributed by atoms with Crippen LogP contribution in [0.3, 0.4) is 0 Å². The van der Waals surface area contributed by atoms with Gasteiger partial charge in [-0.05, 0) is 41.2 Å². The van der Waals surface area contributed by atoms with Crippen LogP contribution in [0.4, 0.5) is 5.69 Å². The number of fused-ring (bicyclic) bond motifs is 2. The standard InChI is InChI=1S/C29H37N3O6.C10H22N4O4.C9H19N3O3/c30-13-16-36-18-20-38-22-21-37-19-17-35-15-12-28(33)31-14-11-29(34)32-23-26-7-2-1-5-24(26)9-10-25-6-3-4-8-27(25)32;11-1-3-15-5-7-17-9-10-18-8-6-16-4-2-13-14-12;1-2-4-13-6-8-15-9-7-14-5-3-11-12-10/h1-8H,11-23,30H2,(H,31,33);1-11H2;2-9H2,1H3. The highest BCUT2D eigenvalue weighted by atomic mass is 16.6. The lowest BCUT2D eigenvalue weighted by atomic mass is 10.0. The molecular weight excluding hydrogens is 925 g/mol. The molecule has 0 radical (unpaired) electrons. The van der Waals surface area contributed by atoms with E-state index < -0.39 is 0 Å². The molecule has 2 aromatic carbocycles. The fraction of sp³-hybridized carbons (Fsp3) is 0.667. The van der Waals surface area contributed by atoms with Gasteiger partial charge >= 0.3 is 0 Å². The van der Waals surface area contributed by atoms with E-state index in [1.807, 2.05) is 48.5 Å². The van der Waals surface area contributed by atoms with E-state index in [1.165, 1.54) is 0 Å². The molecule has 1 aliphatic rings. The summed E-state index contributed by atoms with van der Waals surface area (Å²) in [7, 11) is 0. The number of benzene rings is 2. The van der Waals surface area contributed by atoms with Crippen molar-refractivity contribution in [1.82, 2.24) is 5.32 Å². The van der Waals surface area contributed by atoms with Gasteiger partial charge in [0.25, 0.3) is 0 Å². The predicted molar refractivity (Wildman–Crippen MR) is 268 cm³/mol. The molecule has 1 aliphatic heterocycles. The minimum absolute atomic E-state index is 0.0725. The first kappa shape index (κ1) is 64.1. The lowest BCUT2D eigenvalue weighted by molar-refractivity contribution is -0.122. The second-order valence-corrected chi connectivity index (χ2v) is 14.5. The number of anilines is 1. The molecule has 0 saturated heterocycles. The molecule has 0 bridgehead atoms. The van der Waals surface area contributed by atoms with Crippen molar-refractivity contribution in [2.24, 2.45) is 21.7 Å². The third kappa shape index (κ3) is 38.4. The Kier molecular flexibility index (Phi) is 45.1. The highest BCUT2D eigenvalue weighted by Gasteiger charge is 2.21. The summed E-state index contributed by atoms with van der Waals surface area (Å²) in [6.07, 6.45) is 1.43. The van der Waals surface area contributed by atoms with Gasteiger partial charge in [-0.2, -0.15) is 0 Å². The Labute approximate surface area is 418 Å². The lowest BCUT2D eigenvalue weighted by Gasteiger charge is -2.26. The molecular formula is C48H78N10O13. The van der Waals surface area contributed by atoms with Gasteiger partial charge in [0, 0.05) is 73.1 Å². The third-order valence-corrected chi connectivity index (χ3v) is 8.95. The van der Waals surface area contributed by atoms with Crippen molar-refractivity contribution in [1.29, 1.82) is 0 Å². The number of azide groups is 2. The highest BCUT2D eigenvalue weighted by Crippen LogP contribution is 2.25. The van der Waals surface area contributed by atoms with Gasteiger partial charge < -0.3 is 73.8 Å². The van der Waals surface area contributed by atoms with Gasteiger partial charge in [-0.1, -0.05) is 59.3 Å². The van der Waals surface area contributed by atoms with Crippen LogP contribution in [0.1, 0.15) is 42.9 Å². The van der Waals surface area contributed by atoms with E-state index in [9.17, 15) is 9.59 Å². The predicted octanol–water partition coefficient (Wildman–Crippen LogP) is 3.93. The van der Waals surface area contributed by atoms with Crippen molar-refractivity contribution >= 4 is 17.5 Å². The highest BCUT2D eigenvalue weighted by molar-refractivity contribution is 5.95. The molecule has 0 unspecified atom stereocenters. The number of carbonyl (C=O) groups excluding carboxylic acids is 2. The van der Waals surface area contributed by atoms with Gasteiger partial charge in [0.05, 0.1) is 151 Å². The smallest absolute Gasteiger partial charge is 0.229 e. The minimum Gasteiger partial charge on any atom is -0.379 e. The van der Waals surface area contributed by atoms with Crippen molar-refractivity contribution in [2.45, 2.75) is 32.7 Å². The monoisotopic (exact) mass is 1000 g/mol. The number of rotatable bonds is 42. The van der Waals surface area contributed by atoms with Crippen LogP contribution in [0.5, 0.6) is 0 Å². The lowest BCUT2D eigenvalue weighted by Crippen LogP contribution is -2.35. The molecule has 0 atom stereocenters. The number of para-hydroxylation sites is 1. The maximum absolute atomic E-state index is 13.2. The summed E-state index contributed by atoms with van der Waals surface area (Å²) in [6, 6.07) is 15.5. The summed E-state index contributed by atoms with van der Waals surface area (Å²) in [5.74, 6) is 6.17. The Bertz CT molecular complexity index is 1780. The van der Waals surface area contributed by atoms with E-state index >= 15 is 0 Å². The van der Waals surface area contributed by atoms with Gasteiger partial charge in [0.2, 0.25) is 11.8 Å². The van der Waals surface area contributed by atoms with Crippen LogP contribution in [0.25, 0.3) is 20.9 Å². The van der Waals surface area contributed by atoms with E-state index in [0.29, 0.717) is 165 Å². The number of nitrogens with two attached hydrogens (primary N) is 2. The Balaban J connectivity index is 0.000000633. The van der Waals surface area contributed by atoms with E-state index in [2.05, 4.69) is 44.1 Å². The van der Waals surface area contributed by atoms with Crippen LogP contribution in [0.15, 0.2) is 58.8 Å². The average molecular weight is 1000 g/mol.